The summed E-state index contributed by atoms with van der Waals surface area (Å²) in [6.45, 7) is 2.05. The van der Waals surface area contributed by atoms with Crippen LogP contribution in [0.3, 0.4) is 0 Å². The minimum atomic E-state index is -0.231. The van der Waals surface area contributed by atoms with E-state index in [-0.39, 0.29) is 11.9 Å². The molecule has 8 heteroatoms. The lowest BCUT2D eigenvalue weighted by Crippen LogP contribution is -2.20. The average molecular weight is 379 g/mol. The van der Waals surface area contributed by atoms with Crippen molar-refractivity contribution in [2.24, 2.45) is 0 Å². The summed E-state index contributed by atoms with van der Waals surface area (Å²) in [5.41, 5.74) is 3.07. The number of hydrogen-bond acceptors (Lipinski definition) is 5. The molecule has 0 aliphatic heterocycles. The summed E-state index contributed by atoms with van der Waals surface area (Å²) >= 11 is 0. The van der Waals surface area contributed by atoms with E-state index in [1.165, 1.54) is 31.7 Å². The first-order valence-electron chi connectivity index (χ1n) is 9.78. The van der Waals surface area contributed by atoms with Crippen molar-refractivity contribution >= 4 is 28.0 Å². The van der Waals surface area contributed by atoms with Crippen LogP contribution in [0.1, 0.15) is 56.9 Å². The molecule has 28 heavy (non-hydrogen) atoms. The van der Waals surface area contributed by atoms with Gasteiger partial charge in [-0.1, -0.05) is 19.3 Å². The highest BCUT2D eigenvalue weighted by Crippen LogP contribution is 2.35. The first-order valence-corrected chi connectivity index (χ1v) is 9.78. The summed E-state index contributed by atoms with van der Waals surface area (Å²) in [6, 6.07) is 5.06. The van der Waals surface area contributed by atoms with E-state index in [0.717, 1.165) is 29.7 Å². The second-order valence-corrected chi connectivity index (χ2v) is 7.45. The smallest absolute Gasteiger partial charge is 0.162 e. The minimum absolute atomic E-state index is 0.118. The second kappa shape index (κ2) is 6.85. The van der Waals surface area contributed by atoms with Crippen molar-refractivity contribution in [1.29, 1.82) is 0 Å². The van der Waals surface area contributed by atoms with Gasteiger partial charge in [0, 0.05) is 6.04 Å². The van der Waals surface area contributed by atoms with Crippen LogP contribution in [0.15, 0.2) is 30.9 Å². The molecule has 2 N–H and O–H groups in total. The van der Waals surface area contributed by atoms with Gasteiger partial charge in [-0.15, -0.1) is 0 Å². The monoisotopic (exact) mass is 379 g/mol. The predicted molar refractivity (Wildman–Crippen MR) is 106 cm³/mol. The van der Waals surface area contributed by atoms with E-state index < -0.39 is 0 Å². The third-order valence-corrected chi connectivity index (χ3v) is 5.58. The van der Waals surface area contributed by atoms with Gasteiger partial charge in [0.15, 0.2) is 11.5 Å². The molecule has 3 heterocycles. The largest absolute Gasteiger partial charge is 0.358 e. The lowest BCUT2D eigenvalue weighted by atomic mass is 9.95. The minimum Gasteiger partial charge on any atom is -0.358 e. The Morgan fingerprint density at radius 3 is 2.89 bits per heavy atom. The topological polar surface area (TPSA) is 84.3 Å². The third-order valence-electron chi connectivity index (χ3n) is 5.58. The SMILES string of the molecule is C[C@H](Nc1ncnc2[nH]cnc12)c1nc2ccc(F)cc2n1C1CCCCC1. The molecule has 1 saturated carbocycles. The van der Waals surface area contributed by atoms with Crippen molar-refractivity contribution in [3.05, 3.63) is 42.5 Å². The molecule has 5 rings (SSSR count). The maximum Gasteiger partial charge on any atom is 0.162 e. The molecule has 0 amide bonds. The van der Waals surface area contributed by atoms with Crippen molar-refractivity contribution in [2.75, 3.05) is 5.32 Å². The van der Waals surface area contributed by atoms with Crippen LogP contribution in [0.2, 0.25) is 0 Å². The molecule has 7 nitrogen and oxygen atoms in total. The summed E-state index contributed by atoms with van der Waals surface area (Å²) in [6.07, 6.45) is 8.96. The maximum atomic E-state index is 14.0. The molecule has 0 spiro atoms. The highest BCUT2D eigenvalue weighted by Gasteiger charge is 2.25. The van der Waals surface area contributed by atoms with Gasteiger partial charge in [-0.2, -0.15) is 0 Å². The van der Waals surface area contributed by atoms with Crippen LogP contribution < -0.4 is 5.32 Å². The summed E-state index contributed by atoms with van der Waals surface area (Å²) in [5.74, 6) is 1.33. The molecule has 4 aromatic rings. The van der Waals surface area contributed by atoms with Gasteiger partial charge in [-0.25, -0.2) is 24.3 Å². The third kappa shape index (κ3) is 2.89. The number of fused-ring (bicyclic) bond motifs is 2. The van der Waals surface area contributed by atoms with E-state index in [2.05, 4.69) is 36.7 Å². The number of hydrogen-bond donors (Lipinski definition) is 2. The lowest BCUT2D eigenvalue weighted by molar-refractivity contribution is 0.349. The summed E-state index contributed by atoms with van der Waals surface area (Å²) < 4.78 is 16.2. The van der Waals surface area contributed by atoms with Gasteiger partial charge in [0.2, 0.25) is 0 Å². The quantitative estimate of drug-likeness (QED) is 0.545. The number of benzene rings is 1. The van der Waals surface area contributed by atoms with Crippen LogP contribution in [-0.4, -0.2) is 29.5 Å². The Hall–Kier alpha value is -3.03. The fourth-order valence-corrected chi connectivity index (χ4v) is 4.25. The van der Waals surface area contributed by atoms with Gasteiger partial charge in [0.05, 0.1) is 23.4 Å². The number of anilines is 1. The Morgan fingerprint density at radius 1 is 1.18 bits per heavy atom. The van der Waals surface area contributed by atoms with E-state index in [0.29, 0.717) is 23.0 Å². The number of nitrogens with one attached hydrogen (secondary N) is 2. The molecule has 1 aliphatic rings. The Balaban J connectivity index is 1.58. The molecule has 1 fully saturated rings. The molecule has 1 aromatic carbocycles. The second-order valence-electron chi connectivity index (χ2n) is 7.45. The molecular formula is C20H22FN7. The van der Waals surface area contributed by atoms with Crippen molar-refractivity contribution in [3.8, 4) is 0 Å². The fourth-order valence-electron chi connectivity index (χ4n) is 4.25. The normalized spacial score (nSPS) is 16.6. The number of H-pyrrole nitrogens is 1. The molecule has 0 saturated heterocycles. The summed E-state index contributed by atoms with van der Waals surface area (Å²) in [4.78, 5) is 20.7. The van der Waals surface area contributed by atoms with Crippen molar-refractivity contribution < 1.29 is 4.39 Å². The highest BCUT2D eigenvalue weighted by atomic mass is 19.1. The van der Waals surface area contributed by atoms with Crippen LogP contribution in [0.4, 0.5) is 10.2 Å². The van der Waals surface area contributed by atoms with Crippen molar-refractivity contribution in [1.82, 2.24) is 29.5 Å². The van der Waals surface area contributed by atoms with Crippen LogP contribution in [0, 0.1) is 5.82 Å². The Kier molecular flexibility index (Phi) is 4.18. The zero-order chi connectivity index (χ0) is 19.1. The summed E-state index contributed by atoms with van der Waals surface area (Å²) in [7, 11) is 0. The predicted octanol–water partition coefficient (Wildman–Crippen LogP) is 4.52. The van der Waals surface area contributed by atoms with Gasteiger partial charge >= 0.3 is 0 Å². The number of nitrogens with zero attached hydrogens (tertiary/aromatic N) is 5. The fraction of sp³-hybridized carbons (Fsp3) is 0.400. The number of rotatable bonds is 4. The molecule has 0 unspecified atom stereocenters. The molecule has 3 aromatic heterocycles. The number of imidazole rings is 2. The van der Waals surface area contributed by atoms with Gasteiger partial charge in [-0.3, -0.25) is 0 Å². The Labute approximate surface area is 161 Å². The zero-order valence-corrected chi connectivity index (χ0v) is 15.7. The van der Waals surface area contributed by atoms with E-state index >= 15 is 0 Å². The van der Waals surface area contributed by atoms with Gasteiger partial charge < -0.3 is 14.9 Å². The van der Waals surface area contributed by atoms with Crippen LogP contribution in [-0.2, 0) is 0 Å². The number of aromatic nitrogens is 6. The van der Waals surface area contributed by atoms with Crippen LogP contribution in [0.25, 0.3) is 22.2 Å². The number of halogens is 1. The zero-order valence-electron chi connectivity index (χ0n) is 15.7. The standard InChI is InChI=1S/C20H22FN7/c1-12(26-19-17-18(23-10-22-17)24-11-25-19)20-27-15-8-7-13(21)9-16(15)28(20)14-5-3-2-4-6-14/h7-12,14H,2-6H2,1H3,(H2,22,23,24,25,26)/t12-/m0/s1. The first-order chi connectivity index (χ1) is 13.7. The summed E-state index contributed by atoms with van der Waals surface area (Å²) in [5, 5.41) is 3.43. The lowest BCUT2D eigenvalue weighted by Gasteiger charge is -2.27. The maximum absolute atomic E-state index is 14.0. The molecular weight excluding hydrogens is 357 g/mol. The molecule has 0 bridgehead atoms. The van der Waals surface area contributed by atoms with E-state index in [1.54, 1.807) is 18.5 Å². The Bertz CT molecular complexity index is 1130. The molecule has 0 radical (unpaired) electrons. The van der Waals surface area contributed by atoms with Gasteiger partial charge in [0.25, 0.3) is 0 Å². The van der Waals surface area contributed by atoms with Crippen molar-refractivity contribution in [3.63, 3.8) is 0 Å². The number of aromatic amines is 1. The van der Waals surface area contributed by atoms with E-state index in [4.69, 9.17) is 4.98 Å². The average Bonchev–Trinajstić information content (AvgIpc) is 3.33. The van der Waals surface area contributed by atoms with Crippen LogP contribution >= 0.6 is 0 Å². The van der Waals surface area contributed by atoms with Gasteiger partial charge in [-0.05, 0) is 38.0 Å². The van der Waals surface area contributed by atoms with E-state index in [1.807, 2.05) is 0 Å². The molecule has 144 valence electrons. The van der Waals surface area contributed by atoms with Crippen molar-refractivity contribution in [2.45, 2.75) is 51.1 Å². The first kappa shape index (κ1) is 17.1. The Morgan fingerprint density at radius 2 is 2.04 bits per heavy atom. The van der Waals surface area contributed by atoms with Gasteiger partial charge in [0.1, 0.15) is 23.5 Å². The highest BCUT2D eigenvalue weighted by molar-refractivity contribution is 5.82. The molecule has 1 atom stereocenters. The van der Waals surface area contributed by atoms with Crippen LogP contribution in [0.5, 0.6) is 0 Å². The molecule has 1 aliphatic carbocycles. The van der Waals surface area contributed by atoms with E-state index in [9.17, 15) is 4.39 Å².